The zero-order valence-electron chi connectivity index (χ0n) is 9.92. The molecule has 17 heavy (non-hydrogen) atoms. The molecule has 0 aliphatic rings. The Morgan fingerprint density at radius 3 is 2.59 bits per heavy atom. The maximum absolute atomic E-state index is 11.1. The lowest BCUT2D eigenvalue weighted by Gasteiger charge is -1.88. The normalized spacial score (nSPS) is 9.41. The van der Waals surface area contributed by atoms with Gasteiger partial charge >= 0.3 is 5.97 Å². The summed E-state index contributed by atoms with van der Waals surface area (Å²) in [6.45, 7) is 5.67. The molecule has 2 aromatic rings. The summed E-state index contributed by atoms with van der Waals surface area (Å²) in [4.78, 5) is 15.0. The van der Waals surface area contributed by atoms with Crippen LogP contribution in [0, 0.1) is 6.92 Å². The first-order chi connectivity index (χ1) is 8.20. The number of hydrogen-bond acceptors (Lipinski definition) is 8. The van der Waals surface area contributed by atoms with Gasteiger partial charge in [-0.3, -0.25) is 0 Å². The van der Waals surface area contributed by atoms with Gasteiger partial charge in [-0.1, -0.05) is 30.3 Å². The van der Waals surface area contributed by atoms with Gasteiger partial charge in [-0.15, -0.1) is 10.2 Å². The molecule has 0 spiro atoms. The van der Waals surface area contributed by atoms with Crippen LogP contribution in [0.15, 0.2) is 4.52 Å². The molecule has 0 fully saturated rings. The van der Waals surface area contributed by atoms with Gasteiger partial charge in [-0.2, -0.15) is 4.98 Å². The van der Waals surface area contributed by atoms with Crippen LogP contribution in [0.4, 0.5) is 0 Å². The highest BCUT2D eigenvalue weighted by Gasteiger charge is 2.16. The fraction of sp³-hybridized carbons (Fsp3) is 0.444. The summed E-state index contributed by atoms with van der Waals surface area (Å²) in [6.07, 6.45) is 0. The van der Waals surface area contributed by atoms with E-state index >= 15 is 0 Å². The minimum absolute atomic E-state index is 0.162. The number of esters is 1. The van der Waals surface area contributed by atoms with Gasteiger partial charge in [0, 0.05) is 6.92 Å². The molecule has 0 aromatic carbocycles. The Kier molecular flexibility index (Phi) is 4.70. The standard InChI is InChI=1S/C7H6N4O3S.C2H6/c1-3-8-4(11-14-3)5-9-10-6(15-5)7(12)13-2;1-2/h1-2H3;1-2H3. The van der Waals surface area contributed by atoms with Crippen molar-refractivity contribution < 1.29 is 14.1 Å². The van der Waals surface area contributed by atoms with Crippen molar-refractivity contribution in [2.75, 3.05) is 7.11 Å². The SMILES string of the molecule is CC.COC(=O)c1nnc(-c2noc(C)n2)s1. The van der Waals surface area contributed by atoms with E-state index in [9.17, 15) is 4.79 Å². The third kappa shape index (κ3) is 3.06. The van der Waals surface area contributed by atoms with Crippen LogP contribution in [0.1, 0.15) is 29.5 Å². The van der Waals surface area contributed by atoms with Crippen molar-refractivity contribution in [3.63, 3.8) is 0 Å². The molecule has 0 amide bonds. The number of carbonyl (C=O) groups is 1. The number of nitrogens with zero attached hydrogens (tertiary/aromatic N) is 4. The monoisotopic (exact) mass is 256 g/mol. The molecule has 0 radical (unpaired) electrons. The van der Waals surface area contributed by atoms with Gasteiger partial charge in [0.15, 0.2) is 5.01 Å². The quantitative estimate of drug-likeness (QED) is 0.755. The average molecular weight is 256 g/mol. The molecule has 92 valence electrons. The van der Waals surface area contributed by atoms with E-state index in [2.05, 4.69) is 25.1 Å². The largest absolute Gasteiger partial charge is 0.464 e. The van der Waals surface area contributed by atoms with Crippen LogP contribution in [-0.2, 0) is 4.74 Å². The Hall–Kier alpha value is -1.83. The molecule has 2 rings (SSSR count). The number of ether oxygens (including phenoxy) is 1. The Morgan fingerprint density at radius 1 is 1.35 bits per heavy atom. The Bertz CT molecular complexity index is 494. The van der Waals surface area contributed by atoms with E-state index in [4.69, 9.17) is 4.52 Å². The minimum Gasteiger partial charge on any atom is -0.464 e. The maximum Gasteiger partial charge on any atom is 0.369 e. The molecule has 0 aliphatic heterocycles. The zero-order valence-corrected chi connectivity index (χ0v) is 10.7. The molecular weight excluding hydrogens is 244 g/mol. The van der Waals surface area contributed by atoms with Crippen LogP contribution < -0.4 is 0 Å². The van der Waals surface area contributed by atoms with Crippen LogP contribution in [0.5, 0.6) is 0 Å². The second-order valence-corrected chi connectivity index (χ2v) is 3.52. The fourth-order valence-corrected chi connectivity index (χ4v) is 1.56. The first kappa shape index (κ1) is 13.2. The molecule has 0 saturated carbocycles. The number of hydrogen-bond donors (Lipinski definition) is 0. The summed E-state index contributed by atoms with van der Waals surface area (Å²) in [5.41, 5.74) is 0. The highest BCUT2D eigenvalue weighted by Crippen LogP contribution is 2.20. The lowest BCUT2D eigenvalue weighted by molar-refractivity contribution is 0.0599. The number of methoxy groups -OCH3 is 1. The predicted octanol–water partition coefficient (Wildman–Crippen LogP) is 1.71. The predicted molar refractivity (Wildman–Crippen MR) is 60.6 cm³/mol. The molecule has 7 nitrogen and oxygen atoms in total. The molecule has 0 atom stereocenters. The third-order valence-electron chi connectivity index (χ3n) is 1.50. The average Bonchev–Trinajstić information content (AvgIpc) is 2.99. The molecule has 0 saturated heterocycles. The summed E-state index contributed by atoms with van der Waals surface area (Å²) in [6, 6.07) is 0. The van der Waals surface area contributed by atoms with Crippen LogP contribution in [0.2, 0.25) is 0 Å². The summed E-state index contributed by atoms with van der Waals surface area (Å²) < 4.78 is 9.27. The summed E-state index contributed by atoms with van der Waals surface area (Å²) in [5.74, 6) is 0.221. The fourth-order valence-electron chi connectivity index (χ4n) is 0.870. The second kappa shape index (κ2) is 6.04. The van der Waals surface area contributed by atoms with Crippen molar-refractivity contribution in [3.05, 3.63) is 10.9 Å². The first-order valence-electron chi connectivity index (χ1n) is 4.93. The van der Waals surface area contributed by atoms with E-state index in [1.807, 2.05) is 13.8 Å². The van der Waals surface area contributed by atoms with Gasteiger partial charge in [0.1, 0.15) is 0 Å². The van der Waals surface area contributed by atoms with Gasteiger partial charge < -0.3 is 9.26 Å². The maximum atomic E-state index is 11.1. The lowest BCUT2D eigenvalue weighted by Crippen LogP contribution is -1.99. The van der Waals surface area contributed by atoms with Crippen molar-refractivity contribution in [2.24, 2.45) is 0 Å². The molecule has 0 unspecified atom stereocenters. The molecule has 0 bridgehead atoms. The van der Waals surface area contributed by atoms with E-state index in [0.717, 1.165) is 11.3 Å². The Balaban J connectivity index is 0.000000686. The smallest absolute Gasteiger partial charge is 0.369 e. The van der Waals surface area contributed by atoms with E-state index < -0.39 is 5.97 Å². The number of aromatic nitrogens is 4. The van der Waals surface area contributed by atoms with Gasteiger partial charge in [0.25, 0.3) is 0 Å². The number of rotatable bonds is 2. The molecule has 2 heterocycles. The van der Waals surface area contributed by atoms with Crippen molar-refractivity contribution in [3.8, 4) is 10.8 Å². The molecule has 0 N–H and O–H groups in total. The van der Waals surface area contributed by atoms with Crippen LogP contribution in [-0.4, -0.2) is 33.4 Å². The number of aryl methyl sites for hydroxylation is 1. The summed E-state index contributed by atoms with van der Waals surface area (Å²) in [5, 5.41) is 11.6. The summed E-state index contributed by atoms with van der Waals surface area (Å²) in [7, 11) is 1.28. The van der Waals surface area contributed by atoms with Crippen molar-refractivity contribution in [1.29, 1.82) is 0 Å². The Morgan fingerprint density at radius 2 is 2.06 bits per heavy atom. The van der Waals surface area contributed by atoms with E-state index in [1.54, 1.807) is 6.92 Å². The second-order valence-electron chi connectivity index (χ2n) is 2.54. The molecule has 2 aromatic heterocycles. The topological polar surface area (TPSA) is 91.0 Å². The van der Waals surface area contributed by atoms with E-state index in [1.165, 1.54) is 7.11 Å². The molecular formula is C9H12N4O3S. The van der Waals surface area contributed by atoms with Gasteiger partial charge in [-0.05, 0) is 0 Å². The van der Waals surface area contributed by atoms with Gasteiger partial charge in [0.05, 0.1) is 7.11 Å². The highest BCUT2D eigenvalue weighted by molar-refractivity contribution is 7.16. The molecule has 8 heteroatoms. The third-order valence-corrected chi connectivity index (χ3v) is 2.40. The lowest BCUT2D eigenvalue weighted by atomic mass is 10.6. The van der Waals surface area contributed by atoms with Crippen molar-refractivity contribution in [1.82, 2.24) is 20.3 Å². The van der Waals surface area contributed by atoms with Gasteiger partial charge in [0.2, 0.25) is 16.7 Å². The van der Waals surface area contributed by atoms with E-state index in [0.29, 0.717) is 16.7 Å². The van der Waals surface area contributed by atoms with E-state index in [-0.39, 0.29) is 5.01 Å². The van der Waals surface area contributed by atoms with Crippen LogP contribution >= 0.6 is 11.3 Å². The minimum atomic E-state index is -0.529. The zero-order chi connectivity index (χ0) is 12.8. The molecule has 0 aliphatic carbocycles. The van der Waals surface area contributed by atoms with Crippen molar-refractivity contribution in [2.45, 2.75) is 20.8 Å². The van der Waals surface area contributed by atoms with Crippen molar-refractivity contribution >= 4 is 17.3 Å². The number of carbonyl (C=O) groups excluding carboxylic acids is 1. The van der Waals surface area contributed by atoms with Crippen LogP contribution in [0.25, 0.3) is 10.8 Å². The summed E-state index contributed by atoms with van der Waals surface area (Å²) >= 11 is 1.05. The Labute approximate surface area is 102 Å². The van der Waals surface area contributed by atoms with Gasteiger partial charge in [-0.25, -0.2) is 4.79 Å². The van der Waals surface area contributed by atoms with Crippen LogP contribution in [0.3, 0.4) is 0 Å². The first-order valence-corrected chi connectivity index (χ1v) is 5.75. The highest BCUT2D eigenvalue weighted by atomic mass is 32.1.